The fourth-order valence-electron chi connectivity index (χ4n) is 3.41. The zero-order chi connectivity index (χ0) is 10.2. The van der Waals surface area contributed by atoms with E-state index in [0.717, 1.165) is 18.5 Å². The van der Waals surface area contributed by atoms with Crippen molar-refractivity contribution >= 4 is 0 Å². The smallest absolute Gasteiger partial charge is 0.0334 e. The van der Waals surface area contributed by atoms with Gasteiger partial charge in [-0.15, -0.1) is 0 Å². The van der Waals surface area contributed by atoms with Crippen molar-refractivity contribution < 1.29 is 0 Å². The molecule has 1 saturated heterocycles. The van der Waals surface area contributed by atoms with Crippen LogP contribution < -0.4 is 5.73 Å². The Morgan fingerprint density at radius 2 is 1.93 bits per heavy atom. The summed E-state index contributed by atoms with van der Waals surface area (Å²) in [6.45, 7) is 6.90. The summed E-state index contributed by atoms with van der Waals surface area (Å²) >= 11 is 0. The van der Waals surface area contributed by atoms with Gasteiger partial charge >= 0.3 is 0 Å². The molecule has 2 nitrogen and oxygen atoms in total. The number of hydrogen-bond acceptors (Lipinski definition) is 2. The minimum Gasteiger partial charge on any atom is -0.329 e. The molecule has 1 aliphatic carbocycles. The highest BCUT2D eigenvalue weighted by Crippen LogP contribution is 2.40. The zero-order valence-corrected chi connectivity index (χ0v) is 9.63. The van der Waals surface area contributed by atoms with Crippen LogP contribution in [0.25, 0.3) is 0 Å². The van der Waals surface area contributed by atoms with Crippen LogP contribution in [0.2, 0.25) is 0 Å². The Hall–Kier alpha value is -0.0800. The van der Waals surface area contributed by atoms with Crippen molar-refractivity contribution in [3.8, 4) is 0 Å². The summed E-state index contributed by atoms with van der Waals surface area (Å²) in [4.78, 5) is 2.71. The van der Waals surface area contributed by atoms with Crippen molar-refractivity contribution in [2.45, 2.75) is 57.5 Å². The van der Waals surface area contributed by atoms with Crippen LogP contribution in [0.3, 0.4) is 0 Å². The first kappa shape index (κ1) is 10.4. The van der Waals surface area contributed by atoms with Gasteiger partial charge < -0.3 is 5.73 Å². The molecule has 2 rings (SSSR count). The average Bonchev–Trinajstić information content (AvgIpc) is 2.77. The molecular formula is C12H24N2. The highest BCUT2D eigenvalue weighted by molar-refractivity contribution is 5.00. The van der Waals surface area contributed by atoms with Gasteiger partial charge in [-0.05, 0) is 38.6 Å². The molecule has 0 aromatic rings. The first-order valence-electron chi connectivity index (χ1n) is 6.16. The van der Waals surface area contributed by atoms with Crippen LogP contribution in [0, 0.1) is 5.92 Å². The second-order valence-electron chi connectivity index (χ2n) is 5.34. The maximum Gasteiger partial charge on any atom is 0.0334 e. The van der Waals surface area contributed by atoms with E-state index in [1.165, 1.54) is 38.6 Å². The number of nitrogens with zero attached hydrogens (tertiary/aromatic N) is 1. The van der Waals surface area contributed by atoms with Gasteiger partial charge in [0.25, 0.3) is 0 Å². The normalized spacial score (nSPS) is 37.9. The summed E-state index contributed by atoms with van der Waals surface area (Å²) in [5.41, 5.74) is 6.39. The van der Waals surface area contributed by atoms with E-state index in [-0.39, 0.29) is 0 Å². The SMILES string of the molecule is CC1CCN(C2(CN)CCCC2)C1C. The van der Waals surface area contributed by atoms with E-state index in [4.69, 9.17) is 5.73 Å². The highest BCUT2D eigenvalue weighted by atomic mass is 15.3. The van der Waals surface area contributed by atoms with Crippen molar-refractivity contribution in [3.05, 3.63) is 0 Å². The molecule has 2 heteroatoms. The van der Waals surface area contributed by atoms with E-state index >= 15 is 0 Å². The van der Waals surface area contributed by atoms with Crippen LogP contribution in [-0.4, -0.2) is 29.6 Å². The molecule has 2 atom stereocenters. The molecule has 0 bridgehead atoms. The van der Waals surface area contributed by atoms with Crippen LogP contribution in [-0.2, 0) is 0 Å². The van der Waals surface area contributed by atoms with Gasteiger partial charge in [0, 0.05) is 18.1 Å². The third-order valence-corrected chi connectivity index (χ3v) is 4.66. The molecule has 0 amide bonds. The third-order valence-electron chi connectivity index (χ3n) is 4.66. The monoisotopic (exact) mass is 196 g/mol. The van der Waals surface area contributed by atoms with Crippen molar-refractivity contribution in [1.82, 2.24) is 4.90 Å². The van der Waals surface area contributed by atoms with Gasteiger partial charge in [0.2, 0.25) is 0 Å². The summed E-state index contributed by atoms with van der Waals surface area (Å²) < 4.78 is 0. The molecule has 2 unspecified atom stereocenters. The maximum atomic E-state index is 6.01. The summed E-state index contributed by atoms with van der Waals surface area (Å²) in [5, 5.41) is 0. The average molecular weight is 196 g/mol. The predicted molar refractivity (Wildman–Crippen MR) is 60.2 cm³/mol. The van der Waals surface area contributed by atoms with E-state index in [1.807, 2.05) is 0 Å². The van der Waals surface area contributed by atoms with Crippen molar-refractivity contribution in [2.75, 3.05) is 13.1 Å². The second kappa shape index (κ2) is 3.82. The van der Waals surface area contributed by atoms with Gasteiger partial charge in [0.1, 0.15) is 0 Å². The van der Waals surface area contributed by atoms with Gasteiger partial charge in [0.05, 0.1) is 0 Å². The molecule has 1 aliphatic heterocycles. The number of rotatable bonds is 2. The minimum absolute atomic E-state index is 0.379. The van der Waals surface area contributed by atoms with Crippen LogP contribution >= 0.6 is 0 Å². The Bertz CT molecular complexity index is 196. The van der Waals surface area contributed by atoms with Crippen molar-refractivity contribution in [3.63, 3.8) is 0 Å². The van der Waals surface area contributed by atoms with Crippen LogP contribution in [0.4, 0.5) is 0 Å². The first-order chi connectivity index (χ1) is 6.69. The lowest BCUT2D eigenvalue weighted by Crippen LogP contribution is -2.53. The highest BCUT2D eigenvalue weighted by Gasteiger charge is 2.44. The van der Waals surface area contributed by atoms with Crippen LogP contribution in [0.1, 0.15) is 46.0 Å². The molecule has 0 aromatic heterocycles. The molecule has 82 valence electrons. The maximum absolute atomic E-state index is 6.01. The van der Waals surface area contributed by atoms with Gasteiger partial charge in [-0.1, -0.05) is 19.8 Å². The minimum atomic E-state index is 0.379. The Labute approximate surface area is 87.8 Å². The summed E-state index contributed by atoms with van der Waals surface area (Å²) in [7, 11) is 0. The van der Waals surface area contributed by atoms with Gasteiger partial charge in [-0.2, -0.15) is 0 Å². The van der Waals surface area contributed by atoms with E-state index < -0.39 is 0 Å². The van der Waals surface area contributed by atoms with E-state index in [1.54, 1.807) is 0 Å². The number of likely N-dealkylation sites (tertiary alicyclic amines) is 1. The summed E-state index contributed by atoms with van der Waals surface area (Å²) in [5.74, 6) is 0.860. The number of nitrogens with two attached hydrogens (primary N) is 1. The molecule has 2 fully saturated rings. The standard InChI is InChI=1S/C12H24N2/c1-10-5-8-14(11(10)2)12(9-13)6-3-4-7-12/h10-11H,3-9,13H2,1-2H3. The van der Waals surface area contributed by atoms with E-state index in [2.05, 4.69) is 18.7 Å². The fourth-order valence-corrected chi connectivity index (χ4v) is 3.41. The Balaban J connectivity index is 2.12. The first-order valence-corrected chi connectivity index (χ1v) is 6.16. The topological polar surface area (TPSA) is 29.3 Å². The van der Waals surface area contributed by atoms with E-state index in [0.29, 0.717) is 5.54 Å². The zero-order valence-electron chi connectivity index (χ0n) is 9.63. The molecule has 1 saturated carbocycles. The summed E-state index contributed by atoms with van der Waals surface area (Å²) in [6, 6.07) is 0.747. The second-order valence-corrected chi connectivity index (χ2v) is 5.34. The molecule has 0 radical (unpaired) electrons. The Morgan fingerprint density at radius 1 is 1.29 bits per heavy atom. The summed E-state index contributed by atoms with van der Waals surface area (Å²) in [6.07, 6.45) is 6.80. The van der Waals surface area contributed by atoms with E-state index in [9.17, 15) is 0 Å². The van der Waals surface area contributed by atoms with Crippen molar-refractivity contribution in [1.29, 1.82) is 0 Å². The molecule has 2 aliphatic rings. The van der Waals surface area contributed by atoms with Crippen molar-refractivity contribution in [2.24, 2.45) is 11.7 Å². The lowest BCUT2D eigenvalue weighted by Gasteiger charge is -2.41. The molecule has 0 spiro atoms. The molecular weight excluding hydrogens is 172 g/mol. The third kappa shape index (κ3) is 1.49. The fraction of sp³-hybridized carbons (Fsp3) is 1.00. The Kier molecular flexibility index (Phi) is 2.85. The molecule has 1 heterocycles. The van der Waals surface area contributed by atoms with Gasteiger partial charge in [-0.3, -0.25) is 4.90 Å². The molecule has 0 aromatic carbocycles. The van der Waals surface area contributed by atoms with Gasteiger partial charge in [-0.25, -0.2) is 0 Å². The Morgan fingerprint density at radius 3 is 2.36 bits per heavy atom. The van der Waals surface area contributed by atoms with Crippen LogP contribution in [0.15, 0.2) is 0 Å². The molecule has 14 heavy (non-hydrogen) atoms. The molecule has 2 N–H and O–H groups in total. The largest absolute Gasteiger partial charge is 0.329 e. The van der Waals surface area contributed by atoms with Crippen LogP contribution in [0.5, 0.6) is 0 Å². The lowest BCUT2D eigenvalue weighted by atomic mass is 9.93. The predicted octanol–water partition coefficient (Wildman–Crippen LogP) is 1.99. The lowest BCUT2D eigenvalue weighted by molar-refractivity contribution is 0.0840. The number of hydrogen-bond donors (Lipinski definition) is 1. The van der Waals surface area contributed by atoms with Gasteiger partial charge in [0.15, 0.2) is 0 Å². The quantitative estimate of drug-likeness (QED) is 0.732.